The molecule has 0 aliphatic heterocycles. The van der Waals surface area contributed by atoms with Gasteiger partial charge in [0.15, 0.2) is 5.16 Å². The first-order chi connectivity index (χ1) is 9.65. The van der Waals surface area contributed by atoms with Gasteiger partial charge in [-0.15, -0.1) is 12.6 Å². The lowest BCUT2D eigenvalue weighted by atomic mass is 9.82. The van der Waals surface area contributed by atoms with Gasteiger partial charge in [0.25, 0.3) is 0 Å². The van der Waals surface area contributed by atoms with Gasteiger partial charge in [-0.05, 0) is 42.5 Å². The zero-order chi connectivity index (χ0) is 14.1. The van der Waals surface area contributed by atoms with Crippen molar-refractivity contribution in [2.75, 3.05) is 0 Å². The molecule has 0 amide bonds. The number of aromatic carboxylic acids is 1. The zero-order valence-electron chi connectivity index (χ0n) is 11.0. The van der Waals surface area contributed by atoms with Crippen molar-refractivity contribution in [2.24, 2.45) is 0 Å². The monoisotopic (exact) mass is 288 g/mol. The summed E-state index contributed by atoms with van der Waals surface area (Å²) in [6.07, 6.45) is 6.86. The van der Waals surface area contributed by atoms with Crippen molar-refractivity contribution < 1.29 is 9.90 Å². The first-order valence-electron chi connectivity index (χ1n) is 6.71. The van der Waals surface area contributed by atoms with E-state index in [1.165, 1.54) is 11.1 Å². The highest BCUT2D eigenvalue weighted by atomic mass is 32.1. The number of carboxylic acid groups (broad SMARTS) is 1. The van der Waals surface area contributed by atoms with Gasteiger partial charge in [-0.3, -0.25) is 0 Å². The molecule has 104 valence electrons. The van der Waals surface area contributed by atoms with Crippen LogP contribution in [0, 0.1) is 0 Å². The topological polar surface area (TPSA) is 55.1 Å². The Morgan fingerprint density at radius 2 is 2.35 bits per heavy atom. The van der Waals surface area contributed by atoms with Crippen molar-refractivity contribution in [3.05, 3.63) is 47.3 Å². The van der Waals surface area contributed by atoms with Crippen LogP contribution in [0.5, 0.6) is 0 Å². The van der Waals surface area contributed by atoms with Crippen LogP contribution in [0.15, 0.2) is 35.7 Å². The van der Waals surface area contributed by atoms with Gasteiger partial charge in [0.2, 0.25) is 0 Å². The number of carboxylic acids is 1. The van der Waals surface area contributed by atoms with Crippen LogP contribution in [0.3, 0.4) is 0 Å². The number of nitrogens with zero attached hydrogens (tertiary/aromatic N) is 2. The van der Waals surface area contributed by atoms with Crippen LogP contribution in [-0.4, -0.2) is 20.6 Å². The second-order valence-electron chi connectivity index (χ2n) is 5.19. The number of carbonyl (C=O) groups is 1. The molecule has 5 heteroatoms. The summed E-state index contributed by atoms with van der Waals surface area (Å²) in [5.41, 5.74) is 2.81. The predicted molar refractivity (Wildman–Crippen MR) is 78.6 cm³/mol. The molecule has 0 saturated heterocycles. The Balaban J connectivity index is 1.90. The van der Waals surface area contributed by atoms with Crippen LogP contribution in [0.4, 0.5) is 0 Å². The van der Waals surface area contributed by atoms with Crippen LogP contribution in [0.1, 0.15) is 40.2 Å². The van der Waals surface area contributed by atoms with E-state index in [1.807, 2.05) is 22.9 Å². The van der Waals surface area contributed by atoms with Crippen molar-refractivity contribution in [2.45, 2.75) is 36.9 Å². The number of aryl methyl sites for hydroxylation is 1. The molecule has 20 heavy (non-hydrogen) atoms. The summed E-state index contributed by atoms with van der Waals surface area (Å²) in [5.74, 6) is -0.455. The summed E-state index contributed by atoms with van der Waals surface area (Å²) >= 11 is 4.34. The van der Waals surface area contributed by atoms with Gasteiger partial charge in [0.1, 0.15) is 0 Å². The van der Waals surface area contributed by atoms with E-state index in [1.54, 1.807) is 12.3 Å². The van der Waals surface area contributed by atoms with E-state index < -0.39 is 5.97 Å². The lowest BCUT2D eigenvalue weighted by Gasteiger charge is -2.26. The lowest BCUT2D eigenvalue weighted by Crippen LogP contribution is -2.16. The van der Waals surface area contributed by atoms with Crippen molar-refractivity contribution in [1.82, 2.24) is 9.55 Å². The number of benzene rings is 1. The largest absolute Gasteiger partial charge is 0.478 e. The van der Waals surface area contributed by atoms with Crippen LogP contribution in [-0.2, 0) is 13.0 Å². The fourth-order valence-electron chi connectivity index (χ4n) is 2.94. The number of hydrogen-bond acceptors (Lipinski definition) is 3. The number of imidazole rings is 1. The van der Waals surface area contributed by atoms with Crippen LogP contribution >= 0.6 is 12.6 Å². The molecule has 1 aromatic heterocycles. The molecule has 0 fully saturated rings. The Labute approximate surface area is 122 Å². The normalized spacial score (nSPS) is 17.8. The Hall–Kier alpha value is -1.75. The van der Waals surface area contributed by atoms with Crippen LogP contribution in [0.25, 0.3) is 0 Å². The maximum atomic E-state index is 11.0. The fraction of sp³-hybridized carbons (Fsp3) is 0.333. The van der Waals surface area contributed by atoms with Crippen molar-refractivity contribution in [3.8, 4) is 0 Å². The Bertz CT molecular complexity index is 651. The van der Waals surface area contributed by atoms with Crippen molar-refractivity contribution >= 4 is 18.6 Å². The minimum Gasteiger partial charge on any atom is -0.478 e. The molecule has 1 unspecified atom stereocenters. The third-order valence-corrected chi connectivity index (χ3v) is 4.31. The summed E-state index contributed by atoms with van der Waals surface area (Å²) in [7, 11) is 0. The highest BCUT2D eigenvalue weighted by Crippen LogP contribution is 2.33. The first-order valence-corrected chi connectivity index (χ1v) is 7.16. The van der Waals surface area contributed by atoms with E-state index in [0.717, 1.165) is 31.0 Å². The second kappa shape index (κ2) is 5.32. The highest BCUT2D eigenvalue weighted by molar-refractivity contribution is 7.80. The predicted octanol–water partition coefficient (Wildman–Crippen LogP) is 2.99. The van der Waals surface area contributed by atoms with E-state index in [9.17, 15) is 4.79 Å². The maximum absolute atomic E-state index is 11.0. The van der Waals surface area contributed by atoms with E-state index in [-0.39, 0.29) is 0 Å². The maximum Gasteiger partial charge on any atom is 0.335 e. The number of fused-ring (bicyclic) bond motifs is 1. The van der Waals surface area contributed by atoms with Crippen LogP contribution < -0.4 is 0 Å². The second-order valence-corrected chi connectivity index (χ2v) is 5.59. The van der Waals surface area contributed by atoms with Crippen molar-refractivity contribution in [1.29, 1.82) is 0 Å². The molecule has 4 nitrogen and oxygen atoms in total. The molecule has 1 atom stereocenters. The molecular weight excluding hydrogens is 272 g/mol. The standard InChI is InChI=1S/C15H16N2O2S/c18-14(19)11-4-5-13-10(8-11)2-1-3-12(13)9-17-7-6-16-15(17)20/h4-8,12H,1-3,9H2,(H,16,20)(H,18,19). The van der Waals surface area contributed by atoms with Gasteiger partial charge < -0.3 is 9.67 Å². The summed E-state index contributed by atoms with van der Waals surface area (Å²) < 4.78 is 2.04. The molecule has 0 spiro atoms. The first kappa shape index (κ1) is 13.2. The highest BCUT2D eigenvalue weighted by Gasteiger charge is 2.22. The molecule has 1 aliphatic carbocycles. The Morgan fingerprint density at radius 1 is 1.50 bits per heavy atom. The van der Waals surface area contributed by atoms with Gasteiger partial charge >= 0.3 is 5.97 Å². The minimum absolute atomic E-state index is 0.377. The summed E-state index contributed by atoms with van der Waals surface area (Å²) in [6, 6.07) is 5.49. The van der Waals surface area contributed by atoms with Gasteiger partial charge in [-0.25, -0.2) is 9.78 Å². The number of aromatic nitrogens is 2. The molecule has 1 N–H and O–H groups in total. The van der Waals surface area contributed by atoms with Gasteiger partial charge in [0, 0.05) is 24.9 Å². The average molecular weight is 288 g/mol. The fourth-order valence-corrected chi connectivity index (χ4v) is 3.15. The van der Waals surface area contributed by atoms with Crippen LogP contribution in [0.2, 0.25) is 0 Å². The van der Waals surface area contributed by atoms with Gasteiger partial charge in [-0.1, -0.05) is 6.07 Å². The average Bonchev–Trinajstić information content (AvgIpc) is 2.84. The molecule has 1 aliphatic rings. The summed E-state index contributed by atoms with van der Waals surface area (Å²) in [6.45, 7) is 0.845. The third-order valence-electron chi connectivity index (χ3n) is 3.94. The van der Waals surface area contributed by atoms with Gasteiger partial charge in [0.05, 0.1) is 5.56 Å². The van der Waals surface area contributed by atoms with E-state index in [4.69, 9.17) is 5.11 Å². The quantitative estimate of drug-likeness (QED) is 0.854. The van der Waals surface area contributed by atoms with Crippen molar-refractivity contribution in [3.63, 3.8) is 0 Å². The van der Waals surface area contributed by atoms with Gasteiger partial charge in [-0.2, -0.15) is 0 Å². The minimum atomic E-state index is -0.859. The Morgan fingerprint density at radius 3 is 3.05 bits per heavy atom. The number of thiol groups is 1. The lowest BCUT2D eigenvalue weighted by molar-refractivity contribution is 0.0696. The molecule has 0 saturated carbocycles. The molecular formula is C15H16N2O2S. The smallest absolute Gasteiger partial charge is 0.335 e. The molecule has 0 radical (unpaired) electrons. The zero-order valence-corrected chi connectivity index (χ0v) is 11.9. The van der Waals surface area contributed by atoms with E-state index in [2.05, 4.69) is 17.6 Å². The number of hydrogen-bond donors (Lipinski definition) is 2. The molecule has 0 bridgehead atoms. The third kappa shape index (κ3) is 2.45. The number of rotatable bonds is 3. The SMILES string of the molecule is O=C(O)c1ccc2c(c1)CCCC2Cn1ccnc1S. The molecule has 3 rings (SSSR count). The Kier molecular flexibility index (Phi) is 3.53. The van der Waals surface area contributed by atoms with E-state index >= 15 is 0 Å². The van der Waals surface area contributed by atoms with E-state index in [0.29, 0.717) is 11.5 Å². The summed E-state index contributed by atoms with van der Waals surface area (Å²) in [5, 5.41) is 9.80. The summed E-state index contributed by atoms with van der Waals surface area (Å²) in [4.78, 5) is 15.2. The molecule has 1 heterocycles. The molecule has 1 aromatic carbocycles. The molecule has 2 aromatic rings.